The molecule has 0 radical (unpaired) electrons. The number of fused-ring (bicyclic) bond motifs is 12. The van der Waals surface area contributed by atoms with E-state index in [1.54, 1.807) is 0 Å². The number of hydrogen-bond donors (Lipinski definition) is 0. The number of hydrogen-bond acceptors (Lipinski definition) is 6. The van der Waals surface area contributed by atoms with E-state index in [-0.39, 0.29) is 0 Å². The van der Waals surface area contributed by atoms with Crippen molar-refractivity contribution in [1.29, 1.82) is 0 Å². The molecular formula is C74H46N6O2. The Morgan fingerprint density at radius 3 is 1.35 bits per heavy atom. The predicted octanol–water partition coefficient (Wildman–Crippen LogP) is 18.9. The highest BCUT2D eigenvalue weighted by Gasteiger charge is 2.21. The van der Waals surface area contributed by atoms with E-state index in [1.165, 1.54) is 0 Å². The number of rotatable bonds is 8. The van der Waals surface area contributed by atoms with Crippen LogP contribution in [0.3, 0.4) is 0 Å². The molecule has 0 aliphatic carbocycles. The van der Waals surface area contributed by atoms with Gasteiger partial charge in [-0.2, -0.15) is 0 Å². The zero-order valence-corrected chi connectivity index (χ0v) is 44.2. The van der Waals surface area contributed by atoms with Gasteiger partial charge in [0.15, 0.2) is 0 Å². The van der Waals surface area contributed by atoms with Gasteiger partial charge in [0.05, 0.1) is 44.5 Å². The summed E-state index contributed by atoms with van der Waals surface area (Å²) in [6, 6.07) is 79.8. The van der Waals surface area contributed by atoms with Crippen LogP contribution in [-0.4, -0.2) is 36.3 Å². The van der Waals surface area contributed by atoms with Crippen molar-refractivity contribution in [3.8, 4) is 67.1 Å². The van der Waals surface area contributed by atoms with Crippen molar-refractivity contribution in [3.63, 3.8) is 0 Å². The van der Waals surface area contributed by atoms with Gasteiger partial charge in [-0.3, -0.25) is 19.9 Å². The second kappa shape index (κ2) is 18.3. The van der Waals surface area contributed by atoms with E-state index in [0.29, 0.717) is 0 Å². The van der Waals surface area contributed by atoms with Gasteiger partial charge in [-0.15, -0.1) is 0 Å². The zero-order chi connectivity index (χ0) is 53.8. The Morgan fingerprint density at radius 1 is 0.329 bits per heavy atom. The molecule has 8 nitrogen and oxygen atoms in total. The van der Waals surface area contributed by atoms with Crippen LogP contribution in [0.2, 0.25) is 0 Å². The van der Waals surface area contributed by atoms with Crippen LogP contribution in [0.1, 0.15) is 12.0 Å². The molecule has 0 atom stereocenters. The first-order chi connectivity index (χ1) is 40.6. The van der Waals surface area contributed by atoms with E-state index in [1.807, 2.05) is 42.9 Å². The third kappa shape index (κ3) is 7.31. The molecule has 0 saturated carbocycles. The van der Waals surface area contributed by atoms with Crippen LogP contribution in [0.15, 0.2) is 269 Å². The van der Waals surface area contributed by atoms with E-state index in [0.717, 1.165) is 179 Å². The molecule has 1 aliphatic heterocycles. The van der Waals surface area contributed by atoms with E-state index >= 15 is 0 Å². The molecule has 0 saturated heterocycles. The molecule has 8 heteroatoms. The third-order valence-electron chi connectivity index (χ3n) is 16.5. The molecule has 16 aromatic rings. The number of furan rings is 2. The Morgan fingerprint density at radius 2 is 0.805 bits per heavy atom. The molecule has 0 fully saturated rings. The van der Waals surface area contributed by atoms with Gasteiger partial charge in [0.1, 0.15) is 22.3 Å². The van der Waals surface area contributed by atoms with Crippen LogP contribution in [-0.2, 0) is 0 Å². The first kappa shape index (κ1) is 46.0. The lowest BCUT2D eigenvalue weighted by Gasteiger charge is -2.13. The van der Waals surface area contributed by atoms with E-state index in [9.17, 15) is 0 Å². The van der Waals surface area contributed by atoms with Gasteiger partial charge < -0.3 is 18.0 Å². The van der Waals surface area contributed by atoms with Gasteiger partial charge >= 0.3 is 0 Å². The lowest BCUT2D eigenvalue weighted by Crippen LogP contribution is -2.04. The number of aliphatic imine (C=N–C) groups is 1. The molecule has 17 rings (SSSR count). The summed E-state index contributed by atoms with van der Waals surface area (Å²) < 4.78 is 17.7. The highest BCUT2D eigenvalue weighted by Crippen LogP contribution is 2.42. The molecular weight excluding hydrogens is 1000 g/mol. The molecule has 0 spiro atoms. The lowest BCUT2D eigenvalue weighted by atomic mass is 9.95. The molecule has 0 N–H and O–H groups in total. The van der Waals surface area contributed by atoms with Crippen molar-refractivity contribution >= 4 is 93.5 Å². The standard InChI is InChI=1S/C74H46N6O2/c1-3-16-55(63-18-5-7-34-75-63)53(14-1)49-22-28-65-61(41-49)73-67(20-10-36-77-73)79(65)51-26-32-71-59(43-51)57-39-47(24-30-69(57)81-71)45-12-9-13-46(38-45)48-25-31-70-58(40-48)60-44-52(27-33-72(60)82-70)80-66-29-23-50(42-62(66)74-68(80)21-11-37-78-74)54-15-2-4-17-56(54)64-19-6-8-35-76-64/h1-7,9-34,36-44H,8,35H2. The summed E-state index contributed by atoms with van der Waals surface area (Å²) in [6.45, 7) is 0.811. The predicted molar refractivity (Wildman–Crippen MR) is 335 cm³/mol. The van der Waals surface area contributed by atoms with Gasteiger partial charge in [0, 0.05) is 80.0 Å². The number of dihydropyridines is 1. The van der Waals surface area contributed by atoms with E-state index in [2.05, 4.69) is 221 Å². The smallest absolute Gasteiger partial charge is 0.135 e. The Hall–Kier alpha value is -11.0. The number of pyridine rings is 3. The molecule has 0 unspecified atom stereocenters. The monoisotopic (exact) mass is 1050 g/mol. The summed E-state index contributed by atoms with van der Waals surface area (Å²) in [5.74, 6) is 0. The van der Waals surface area contributed by atoms with Crippen LogP contribution in [0.5, 0.6) is 0 Å². The van der Waals surface area contributed by atoms with Crippen molar-refractivity contribution in [2.45, 2.75) is 6.42 Å². The Bertz CT molecular complexity index is 5360. The number of allylic oxidation sites excluding steroid dienone is 1. The van der Waals surface area contributed by atoms with Crippen molar-refractivity contribution in [2.75, 3.05) is 6.54 Å². The summed E-state index contributed by atoms with van der Waals surface area (Å²) in [7, 11) is 0. The van der Waals surface area contributed by atoms with E-state index < -0.39 is 0 Å². The first-order valence-electron chi connectivity index (χ1n) is 27.8. The van der Waals surface area contributed by atoms with Crippen LogP contribution < -0.4 is 0 Å². The minimum atomic E-state index is 0.811. The third-order valence-corrected chi connectivity index (χ3v) is 16.5. The van der Waals surface area contributed by atoms with Crippen molar-refractivity contribution < 1.29 is 8.83 Å². The van der Waals surface area contributed by atoms with Crippen LogP contribution in [0, 0.1) is 0 Å². The van der Waals surface area contributed by atoms with Gasteiger partial charge in [0.2, 0.25) is 0 Å². The summed E-state index contributed by atoms with van der Waals surface area (Å²) >= 11 is 0. The van der Waals surface area contributed by atoms with Crippen molar-refractivity contribution in [1.82, 2.24) is 24.1 Å². The molecule has 0 bridgehead atoms. The zero-order valence-electron chi connectivity index (χ0n) is 44.2. The molecule has 0 amide bonds. The number of benzene rings is 9. The lowest BCUT2D eigenvalue weighted by molar-refractivity contribution is 0.668. The fourth-order valence-corrected chi connectivity index (χ4v) is 12.7. The van der Waals surface area contributed by atoms with Crippen molar-refractivity contribution in [3.05, 3.63) is 261 Å². The Balaban J connectivity index is 0.721. The average molecular weight is 1050 g/mol. The Kier molecular flexibility index (Phi) is 10.3. The molecule has 384 valence electrons. The number of nitrogens with zero attached hydrogens (tertiary/aromatic N) is 6. The average Bonchev–Trinajstić information content (AvgIpc) is 3.59. The van der Waals surface area contributed by atoms with Gasteiger partial charge in [-0.05, 0) is 184 Å². The summed E-state index contributed by atoms with van der Waals surface area (Å²) in [5, 5.41) is 6.40. The summed E-state index contributed by atoms with van der Waals surface area (Å²) in [4.78, 5) is 19.5. The maximum Gasteiger partial charge on any atom is 0.135 e. The fraction of sp³-hybridized carbons (Fsp3) is 0.0270. The first-order valence-corrected chi connectivity index (χ1v) is 27.8. The molecule has 82 heavy (non-hydrogen) atoms. The highest BCUT2D eigenvalue weighted by molar-refractivity contribution is 6.15. The van der Waals surface area contributed by atoms with Crippen LogP contribution in [0.4, 0.5) is 0 Å². The quantitative estimate of drug-likeness (QED) is 0.151. The van der Waals surface area contributed by atoms with Crippen LogP contribution in [0.25, 0.3) is 155 Å². The second-order valence-corrected chi connectivity index (χ2v) is 21.2. The van der Waals surface area contributed by atoms with E-state index in [4.69, 9.17) is 28.8 Å². The molecule has 8 heterocycles. The minimum absolute atomic E-state index is 0.811. The normalized spacial score (nSPS) is 12.8. The fourth-order valence-electron chi connectivity index (χ4n) is 12.7. The van der Waals surface area contributed by atoms with Crippen molar-refractivity contribution in [2.24, 2.45) is 4.99 Å². The number of aromatic nitrogens is 5. The highest BCUT2D eigenvalue weighted by atomic mass is 16.3. The van der Waals surface area contributed by atoms with Gasteiger partial charge in [0.25, 0.3) is 0 Å². The largest absolute Gasteiger partial charge is 0.456 e. The second-order valence-electron chi connectivity index (χ2n) is 21.2. The Labute approximate surface area is 469 Å². The maximum atomic E-state index is 6.54. The van der Waals surface area contributed by atoms with Gasteiger partial charge in [-0.1, -0.05) is 103 Å². The molecule has 9 aromatic carbocycles. The topological polar surface area (TPSA) is 87.2 Å². The summed E-state index contributed by atoms with van der Waals surface area (Å²) in [6.07, 6.45) is 11.0. The summed E-state index contributed by atoms with van der Waals surface area (Å²) in [5.41, 5.74) is 24.8. The van der Waals surface area contributed by atoms with Gasteiger partial charge in [-0.25, -0.2) is 0 Å². The SMILES string of the molecule is C1=CC(c2ccccc2-c2ccc3c(c2)c2ncccc2n3-c2ccc3oc4ccc(-c5cccc(-c6ccc7oc8ccc(-n9c%10ccc(-c%11ccccc%11-c%11ccccn%11)cc%10c%10ncccc%109)cc8c7c6)c5)cc4c3c2)=NCC1. The van der Waals surface area contributed by atoms with Crippen LogP contribution >= 0.6 is 0 Å². The minimum Gasteiger partial charge on any atom is -0.456 e. The molecule has 1 aliphatic rings. The molecule has 7 aromatic heterocycles. The maximum absolute atomic E-state index is 6.54.